The van der Waals surface area contributed by atoms with E-state index in [0.29, 0.717) is 16.9 Å². The van der Waals surface area contributed by atoms with E-state index in [2.05, 4.69) is 11.6 Å². The molecule has 1 aromatic rings. The number of anilines is 1. The molecule has 1 aliphatic carbocycles. The van der Waals surface area contributed by atoms with E-state index in [4.69, 9.17) is 0 Å². The highest BCUT2D eigenvalue weighted by Crippen LogP contribution is 2.31. The highest BCUT2D eigenvalue weighted by Gasteiger charge is 2.27. The molecule has 98 valence electrons. The number of hydrogen-bond acceptors (Lipinski definition) is 3. The Morgan fingerprint density at radius 2 is 2.22 bits per heavy atom. The smallest absolute Gasteiger partial charge is 0.337 e. The van der Waals surface area contributed by atoms with Crippen LogP contribution in [0.15, 0.2) is 18.2 Å². The first-order valence-electron chi connectivity index (χ1n) is 6.25. The summed E-state index contributed by atoms with van der Waals surface area (Å²) in [5.74, 6) is -0.861. The van der Waals surface area contributed by atoms with Crippen LogP contribution in [0.1, 0.15) is 35.2 Å². The first kappa shape index (κ1) is 13.3. The molecule has 0 saturated heterocycles. The SMILES string of the molecule is CSC1CCCC1Nc1ccc(C)cc1C(=O)O. The molecule has 2 unspecified atom stereocenters. The fraction of sp³-hybridized carbons (Fsp3) is 0.500. The second-order valence-corrected chi connectivity index (χ2v) is 5.89. The van der Waals surface area contributed by atoms with Gasteiger partial charge in [-0.05, 0) is 38.2 Å². The lowest BCUT2D eigenvalue weighted by Crippen LogP contribution is -2.26. The Morgan fingerprint density at radius 1 is 1.44 bits per heavy atom. The summed E-state index contributed by atoms with van der Waals surface area (Å²) < 4.78 is 0. The van der Waals surface area contributed by atoms with Gasteiger partial charge in [-0.15, -0.1) is 0 Å². The molecule has 0 radical (unpaired) electrons. The van der Waals surface area contributed by atoms with E-state index in [1.165, 1.54) is 12.8 Å². The second-order valence-electron chi connectivity index (χ2n) is 4.81. The predicted octanol–water partition coefficient (Wildman–Crippen LogP) is 3.39. The minimum absolute atomic E-state index is 0.377. The average Bonchev–Trinajstić information content (AvgIpc) is 2.78. The normalized spacial score (nSPS) is 23.0. The quantitative estimate of drug-likeness (QED) is 0.876. The summed E-state index contributed by atoms with van der Waals surface area (Å²) in [6.45, 7) is 1.91. The van der Waals surface area contributed by atoms with E-state index in [-0.39, 0.29) is 0 Å². The van der Waals surface area contributed by atoms with E-state index < -0.39 is 5.97 Å². The summed E-state index contributed by atoms with van der Waals surface area (Å²) in [6, 6.07) is 5.96. The van der Waals surface area contributed by atoms with Crippen molar-refractivity contribution in [2.75, 3.05) is 11.6 Å². The van der Waals surface area contributed by atoms with Crippen LogP contribution in [0, 0.1) is 6.92 Å². The monoisotopic (exact) mass is 265 g/mol. The lowest BCUT2D eigenvalue weighted by molar-refractivity contribution is 0.0698. The second kappa shape index (κ2) is 5.65. The number of aryl methyl sites for hydroxylation is 1. The van der Waals surface area contributed by atoms with Gasteiger partial charge in [-0.25, -0.2) is 4.79 Å². The summed E-state index contributed by atoms with van der Waals surface area (Å²) in [5, 5.41) is 13.2. The minimum Gasteiger partial charge on any atom is -0.478 e. The van der Waals surface area contributed by atoms with Crippen molar-refractivity contribution in [2.45, 2.75) is 37.5 Å². The van der Waals surface area contributed by atoms with Crippen LogP contribution >= 0.6 is 11.8 Å². The van der Waals surface area contributed by atoms with Gasteiger partial charge in [0.15, 0.2) is 0 Å². The summed E-state index contributed by atoms with van der Waals surface area (Å²) in [7, 11) is 0. The number of carboxylic acid groups (broad SMARTS) is 1. The number of rotatable bonds is 4. The fourth-order valence-corrected chi connectivity index (χ4v) is 3.47. The third-order valence-electron chi connectivity index (χ3n) is 3.50. The highest BCUT2D eigenvalue weighted by atomic mass is 32.2. The summed E-state index contributed by atoms with van der Waals surface area (Å²) in [5.41, 5.74) is 2.10. The van der Waals surface area contributed by atoms with E-state index in [1.807, 2.05) is 30.8 Å². The van der Waals surface area contributed by atoms with Crippen molar-refractivity contribution < 1.29 is 9.90 Å². The molecule has 0 spiro atoms. The molecule has 2 atom stereocenters. The number of carboxylic acids is 1. The van der Waals surface area contributed by atoms with Gasteiger partial charge < -0.3 is 10.4 Å². The zero-order valence-electron chi connectivity index (χ0n) is 10.8. The molecular weight excluding hydrogens is 246 g/mol. The zero-order valence-corrected chi connectivity index (χ0v) is 11.6. The lowest BCUT2D eigenvalue weighted by atomic mass is 10.1. The van der Waals surface area contributed by atoms with Crippen molar-refractivity contribution in [1.82, 2.24) is 0 Å². The van der Waals surface area contributed by atoms with Crippen LogP contribution in [0.4, 0.5) is 5.69 Å². The Hall–Kier alpha value is -1.16. The Kier molecular flexibility index (Phi) is 4.17. The maximum atomic E-state index is 11.3. The van der Waals surface area contributed by atoms with Crippen molar-refractivity contribution in [1.29, 1.82) is 0 Å². The number of nitrogens with one attached hydrogen (secondary N) is 1. The van der Waals surface area contributed by atoms with Crippen molar-refractivity contribution in [3.05, 3.63) is 29.3 Å². The number of aromatic carboxylic acids is 1. The van der Waals surface area contributed by atoms with Crippen molar-refractivity contribution >= 4 is 23.4 Å². The van der Waals surface area contributed by atoms with Crippen molar-refractivity contribution in [2.24, 2.45) is 0 Å². The lowest BCUT2D eigenvalue weighted by Gasteiger charge is -2.21. The summed E-state index contributed by atoms with van der Waals surface area (Å²) >= 11 is 1.87. The molecule has 0 bridgehead atoms. The van der Waals surface area contributed by atoms with Gasteiger partial charge >= 0.3 is 5.97 Å². The van der Waals surface area contributed by atoms with E-state index in [0.717, 1.165) is 17.7 Å². The molecule has 2 rings (SSSR count). The molecule has 1 saturated carbocycles. The molecule has 0 heterocycles. The van der Waals surface area contributed by atoms with Crippen LogP contribution in [-0.2, 0) is 0 Å². The topological polar surface area (TPSA) is 49.3 Å². The maximum absolute atomic E-state index is 11.3. The molecular formula is C14H19NO2S. The summed E-state index contributed by atoms with van der Waals surface area (Å²) in [6.07, 6.45) is 5.68. The van der Waals surface area contributed by atoms with Gasteiger partial charge in [0, 0.05) is 17.0 Å². The van der Waals surface area contributed by atoms with Crippen LogP contribution in [0.25, 0.3) is 0 Å². The molecule has 1 fully saturated rings. The van der Waals surface area contributed by atoms with E-state index >= 15 is 0 Å². The Balaban J connectivity index is 2.20. The van der Waals surface area contributed by atoms with Crippen molar-refractivity contribution in [3.63, 3.8) is 0 Å². The van der Waals surface area contributed by atoms with Crippen molar-refractivity contribution in [3.8, 4) is 0 Å². The number of hydrogen-bond donors (Lipinski definition) is 2. The van der Waals surface area contributed by atoms with E-state index in [9.17, 15) is 9.90 Å². The van der Waals surface area contributed by atoms with Gasteiger partial charge in [0.2, 0.25) is 0 Å². The first-order chi connectivity index (χ1) is 8.61. The molecule has 18 heavy (non-hydrogen) atoms. The van der Waals surface area contributed by atoms with E-state index in [1.54, 1.807) is 6.07 Å². The van der Waals surface area contributed by atoms with Crippen LogP contribution < -0.4 is 5.32 Å². The van der Waals surface area contributed by atoms with Gasteiger partial charge in [0.05, 0.1) is 5.56 Å². The third-order valence-corrected chi connectivity index (χ3v) is 4.67. The van der Waals surface area contributed by atoms with Crippen LogP contribution in [0.5, 0.6) is 0 Å². The molecule has 0 amide bonds. The molecule has 0 aromatic heterocycles. The van der Waals surface area contributed by atoms with Gasteiger partial charge in [-0.3, -0.25) is 0 Å². The molecule has 2 N–H and O–H groups in total. The summed E-state index contributed by atoms with van der Waals surface area (Å²) in [4.78, 5) is 11.3. The largest absolute Gasteiger partial charge is 0.478 e. The molecule has 4 heteroatoms. The van der Waals surface area contributed by atoms with Crippen LogP contribution in [0.3, 0.4) is 0 Å². The Morgan fingerprint density at radius 3 is 2.89 bits per heavy atom. The molecule has 3 nitrogen and oxygen atoms in total. The predicted molar refractivity (Wildman–Crippen MR) is 76.7 cm³/mol. The van der Waals surface area contributed by atoms with Gasteiger partial charge in [0.25, 0.3) is 0 Å². The van der Waals surface area contributed by atoms with Gasteiger partial charge in [0.1, 0.15) is 0 Å². The Bertz CT molecular complexity index is 447. The zero-order chi connectivity index (χ0) is 13.1. The first-order valence-corrected chi connectivity index (χ1v) is 7.54. The maximum Gasteiger partial charge on any atom is 0.337 e. The molecule has 1 aromatic carbocycles. The Labute approximate surface area is 112 Å². The standard InChI is InChI=1S/C14H19NO2S/c1-9-6-7-11(10(8-9)14(16)17)15-12-4-3-5-13(12)18-2/h6-8,12-13,15H,3-5H2,1-2H3,(H,16,17). The molecule has 1 aliphatic rings. The average molecular weight is 265 g/mol. The van der Waals surface area contributed by atoms with Crippen LogP contribution in [-0.4, -0.2) is 28.6 Å². The number of thioether (sulfide) groups is 1. The molecule has 0 aliphatic heterocycles. The number of benzene rings is 1. The van der Waals surface area contributed by atoms with Gasteiger partial charge in [-0.2, -0.15) is 11.8 Å². The highest BCUT2D eigenvalue weighted by molar-refractivity contribution is 7.99. The van der Waals surface area contributed by atoms with Gasteiger partial charge in [-0.1, -0.05) is 18.1 Å². The van der Waals surface area contributed by atoms with Crippen LogP contribution in [0.2, 0.25) is 0 Å². The fourth-order valence-electron chi connectivity index (χ4n) is 2.53. The minimum atomic E-state index is -0.861. The number of carbonyl (C=O) groups is 1. The third kappa shape index (κ3) is 2.80.